The molecule has 96 heavy (non-hydrogen) atoms. The van der Waals surface area contributed by atoms with Gasteiger partial charge in [0.15, 0.2) is 23.0 Å². The second-order valence-corrected chi connectivity index (χ2v) is 25.2. The molecule has 8 aliphatic rings. The summed E-state index contributed by atoms with van der Waals surface area (Å²) in [5, 5.41) is 23.2. The Hall–Kier alpha value is -4.66. The molecule has 4 heterocycles. The summed E-state index contributed by atoms with van der Waals surface area (Å²) in [7, 11) is 3.27. The van der Waals surface area contributed by atoms with Crippen molar-refractivity contribution in [1.82, 2.24) is 9.80 Å². The zero-order valence-corrected chi connectivity index (χ0v) is 56.4. The van der Waals surface area contributed by atoms with E-state index in [9.17, 15) is 10.2 Å². The molecule has 2 spiro atoms. The van der Waals surface area contributed by atoms with E-state index in [1.54, 1.807) is 26.4 Å². The average molecular weight is 1360 g/mol. The summed E-state index contributed by atoms with van der Waals surface area (Å²) in [6.07, 6.45) is 4.72. The van der Waals surface area contributed by atoms with Gasteiger partial charge in [0, 0.05) is 51.5 Å². The standard InChI is InChI=1S/C70H104N2O24/c1-5-17-71-19-15-67-59-51-7-9-53(73)61(59)93-63(67)55(91-47-45-89-43-41-87-39-37-85-35-33-83-31-29-81-27-25-79-23-21-77-3)11-13-69(67,57(71)49-51)95-65(75)66(76)96-70-14-12-56(64-68(70)16-20-72(18-6-2)58(70)50-52-8-10-54(74)62(94-64)60(52)68)92-48-46-90-44-42-88-40-38-86-36-34-84-32-30-82-28-26-80-24-22-78-4/h5-10,55-58,63-64,73-74H,1-2,11-50H2,3-4H3/t55?,56?,57-,58-,63?,64?,67+,68+,69-,70-/m1/s1. The van der Waals surface area contributed by atoms with Crippen molar-refractivity contribution in [3.63, 3.8) is 0 Å². The molecule has 26 heteroatoms. The van der Waals surface area contributed by atoms with E-state index in [0.29, 0.717) is 248 Å². The van der Waals surface area contributed by atoms with Crippen LogP contribution >= 0.6 is 0 Å². The zero-order valence-electron chi connectivity index (χ0n) is 56.4. The number of hydrogen-bond acceptors (Lipinski definition) is 26. The Labute approximate surface area is 564 Å². The lowest BCUT2D eigenvalue weighted by Crippen LogP contribution is -2.79. The molecule has 4 aliphatic carbocycles. The molecule has 4 bridgehead atoms. The first-order valence-corrected chi connectivity index (χ1v) is 34.5. The van der Waals surface area contributed by atoms with E-state index < -0.39 is 70.5 Å². The number of aromatic hydroxyl groups is 2. The highest BCUT2D eigenvalue weighted by Gasteiger charge is 2.78. The fourth-order valence-corrected chi connectivity index (χ4v) is 16.3. The molecule has 4 unspecified atom stereocenters. The van der Waals surface area contributed by atoms with Crippen LogP contribution in [0.4, 0.5) is 0 Å². The third-order valence-corrected chi connectivity index (χ3v) is 20.1. The number of ether oxygens (including phenoxy) is 20. The van der Waals surface area contributed by atoms with E-state index >= 15 is 9.59 Å². The van der Waals surface area contributed by atoms with E-state index in [4.69, 9.17) is 94.7 Å². The summed E-state index contributed by atoms with van der Waals surface area (Å²) in [5.74, 6) is -1.55. The lowest BCUT2D eigenvalue weighted by atomic mass is 9.48. The molecule has 26 nitrogen and oxygen atoms in total. The van der Waals surface area contributed by atoms with Gasteiger partial charge in [-0.1, -0.05) is 24.3 Å². The second kappa shape index (κ2) is 37.1. The van der Waals surface area contributed by atoms with Crippen molar-refractivity contribution in [3.05, 3.63) is 71.8 Å². The fraction of sp³-hybridized carbons (Fsp3) is 0.743. The minimum Gasteiger partial charge on any atom is -0.504 e. The summed E-state index contributed by atoms with van der Waals surface area (Å²) < 4.78 is 119. The van der Waals surface area contributed by atoms with Gasteiger partial charge in [0.1, 0.15) is 23.4 Å². The van der Waals surface area contributed by atoms with Crippen LogP contribution < -0.4 is 9.47 Å². The van der Waals surface area contributed by atoms with Gasteiger partial charge in [-0.05, 0) is 74.6 Å². The Bertz CT molecular complexity index is 2580. The Morgan fingerprint density at radius 2 is 0.740 bits per heavy atom. The van der Waals surface area contributed by atoms with Crippen molar-refractivity contribution in [2.24, 2.45) is 0 Å². The van der Waals surface area contributed by atoms with Gasteiger partial charge in [0.2, 0.25) is 0 Å². The van der Waals surface area contributed by atoms with Crippen molar-refractivity contribution in [2.45, 2.75) is 110 Å². The van der Waals surface area contributed by atoms with E-state index in [1.807, 2.05) is 24.3 Å². The van der Waals surface area contributed by atoms with Gasteiger partial charge in [-0.25, -0.2) is 9.59 Å². The summed E-state index contributed by atoms with van der Waals surface area (Å²) >= 11 is 0. The van der Waals surface area contributed by atoms with Gasteiger partial charge in [-0.2, -0.15) is 0 Å². The van der Waals surface area contributed by atoms with Gasteiger partial charge in [0.25, 0.3) is 0 Å². The summed E-state index contributed by atoms with van der Waals surface area (Å²) in [6.45, 7) is 22.5. The molecule has 2 aromatic carbocycles. The largest absolute Gasteiger partial charge is 0.504 e. The molecule has 4 fully saturated rings. The quantitative estimate of drug-likeness (QED) is 0.0412. The molecule has 4 aliphatic heterocycles. The Kier molecular flexibility index (Phi) is 28.6. The zero-order chi connectivity index (χ0) is 67.1. The summed E-state index contributed by atoms with van der Waals surface area (Å²) in [6, 6.07) is 6.39. The molecule has 2 aromatic rings. The van der Waals surface area contributed by atoms with Crippen LogP contribution in [0.5, 0.6) is 23.0 Å². The van der Waals surface area contributed by atoms with Crippen LogP contribution in [-0.4, -0.2) is 305 Å². The van der Waals surface area contributed by atoms with Crippen LogP contribution in [0.1, 0.15) is 60.8 Å². The molecule has 2 saturated carbocycles. The van der Waals surface area contributed by atoms with Crippen LogP contribution in [0, 0.1) is 0 Å². The minimum absolute atomic E-state index is 0.0172. The van der Waals surface area contributed by atoms with Crippen LogP contribution in [0.3, 0.4) is 0 Å². The lowest BCUT2D eigenvalue weighted by Gasteiger charge is -2.65. The van der Waals surface area contributed by atoms with Crippen LogP contribution in [0.15, 0.2) is 49.6 Å². The number of benzene rings is 2. The molecule has 10 atom stereocenters. The van der Waals surface area contributed by atoms with Crippen LogP contribution in [0.25, 0.3) is 0 Å². The maximum atomic E-state index is 15.5. The smallest absolute Gasteiger partial charge is 0.418 e. The third kappa shape index (κ3) is 16.5. The molecule has 0 amide bonds. The van der Waals surface area contributed by atoms with Gasteiger partial charge in [0.05, 0.1) is 220 Å². The normalized spacial score (nSPS) is 27.2. The number of phenols is 2. The van der Waals surface area contributed by atoms with Gasteiger partial charge < -0.3 is 105 Å². The van der Waals surface area contributed by atoms with E-state index in [-0.39, 0.29) is 37.9 Å². The van der Waals surface area contributed by atoms with E-state index in [0.717, 1.165) is 22.3 Å². The summed E-state index contributed by atoms with van der Waals surface area (Å²) in [4.78, 5) is 35.5. The number of carbonyl (C=O) groups excluding carboxylic acids is 2. The monoisotopic (exact) mass is 1360 g/mol. The molecule has 0 radical (unpaired) electrons. The number of hydrogen-bond donors (Lipinski definition) is 2. The summed E-state index contributed by atoms with van der Waals surface area (Å²) in [5.41, 5.74) is -1.13. The lowest BCUT2D eigenvalue weighted by molar-refractivity contribution is -0.250. The van der Waals surface area contributed by atoms with Crippen LogP contribution in [-0.2, 0) is 119 Å². The Morgan fingerprint density at radius 3 is 1.03 bits per heavy atom. The number of rotatable bonds is 50. The first kappa shape index (κ1) is 74.0. The number of nitrogens with zero attached hydrogens (tertiary/aromatic N) is 2. The number of esters is 2. The third-order valence-electron chi connectivity index (χ3n) is 20.1. The van der Waals surface area contributed by atoms with E-state index in [2.05, 4.69) is 23.0 Å². The molecule has 2 N–H and O–H groups in total. The second-order valence-electron chi connectivity index (χ2n) is 25.2. The topological polar surface area (TPSA) is 266 Å². The highest BCUT2D eigenvalue weighted by Crippen LogP contribution is 2.69. The number of piperidine rings is 2. The average Bonchev–Trinajstić information content (AvgIpc) is 1.40. The maximum absolute atomic E-state index is 15.5. The Balaban J connectivity index is 0.735. The van der Waals surface area contributed by atoms with Crippen molar-refractivity contribution < 1.29 is 115 Å². The van der Waals surface area contributed by atoms with Crippen molar-refractivity contribution in [2.75, 3.05) is 225 Å². The van der Waals surface area contributed by atoms with Crippen molar-refractivity contribution in [1.29, 1.82) is 0 Å². The fourth-order valence-electron chi connectivity index (χ4n) is 16.3. The van der Waals surface area contributed by atoms with E-state index in [1.165, 1.54) is 0 Å². The van der Waals surface area contributed by atoms with Crippen LogP contribution in [0.2, 0.25) is 0 Å². The molecular weight excluding hydrogens is 1250 g/mol. The van der Waals surface area contributed by atoms with Gasteiger partial charge >= 0.3 is 11.9 Å². The van der Waals surface area contributed by atoms with Crippen molar-refractivity contribution in [3.8, 4) is 23.0 Å². The van der Waals surface area contributed by atoms with Gasteiger partial charge in [-0.3, -0.25) is 9.80 Å². The highest BCUT2D eigenvalue weighted by molar-refractivity contribution is 6.30. The molecular formula is C70H104N2O24. The minimum atomic E-state index is -1.32. The predicted molar refractivity (Wildman–Crippen MR) is 345 cm³/mol. The number of likely N-dealkylation sites (tertiary alicyclic amines) is 2. The first-order chi connectivity index (χ1) is 47.1. The number of phenolic OH excluding ortho intramolecular Hbond substituents is 2. The van der Waals surface area contributed by atoms with Crippen molar-refractivity contribution >= 4 is 11.9 Å². The number of methoxy groups -OCH3 is 2. The first-order valence-electron chi connectivity index (χ1n) is 34.5. The molecule has 538 valence electrons. The number of carbonyl (C=O) groups is 2. The molecule has 0 aromatic heterocycles. The highest BCUT2D eigenvalue weighted by atomic mass is 16.6. The van der Waals surface area contributed by atoms with Gasteiger partial charge in [-0.15, -0.1) is 13.2 Å². The SMILES string of the molecule is C=CCN1CC[C@]23c4c5ccc(O)c4OC2C(OCCOCCOCCOCCOCCOCCOCCOC)CC[C@@]3(OC(=O)C(=O)O[C@@]23CCC(OCCOCCOCCOCCOCCOCCOCCOC)C4Oc6c(O)ccc7c6[C@@]42CCN(CC=C)[C@@H]3C7)[C@H]1C5. The maximum Gasteiger partial charge on any atom is 0.418 e. The molecule has 2 saturated heterocycles. The Morgan fingerprint density at radius 1 is 0.448 bits per heavy atom. The predicted octanol–water partition coefficient (Wildman–Crippen LogP) is 3.84. The molecule has 10 rings (SSSR count).